The number of anilines is 5. The summed E-state index contributed by atoms with van der Waals surface area (Å²) in [7, 11) is 2.37. The Hall–Kier alpha value is -4.32. The van der Waals surface area contributed by atoms with E-state index >= 15 is 0 Å². The van der Waals surface area contributed by atoms with Crippen molar-refractivity contribution in [1.82, 2.24) is 0 Å². The van der Waals surface area contributed by atoms with Gasteiger partial charge >= 0.3 is 0 Å². The molecule has 5 heteroatoms. The Kier molecular flexibility index (Phi) is 6.58. The molecule has 0 aromatic heterocycles. The molecule has 0 spiro atoms. The quantitative estimate of drug-likeness (QED) is 0.206. The lowest BCUT2D eigenvalue weighted by Crippen LogP contribution is -2.41. The molecule has 6 aromatic carbocycles. The van der Waals surface area contributed by atoms with E-state index in [0.29, 0.717) is 0 Å². The van der Waals surface area contributed by atoms with E-state index in [1.807, 2.05) is 23.5 Å². The molecule has 43 heavy (non-hydrogen) atoms. The van der Waals surface area contributed by atoms with Crippen molar-refractivity contribution in [2.24, 2.45) is 0 Å². The highest BCUT2D eigenvalue weighted by atomic mass is 32.2. The molecule has 2 heterocycles. The van der Waals surface area contributed by atoms with Gasteiger partial charge in [0.15, 0.2) is 7.28 Å². The largest absolute Gasteiger partial charge is 0.355 e. The first-order chi connectivity index (χ1) is 21.1. The third-order valence-corrected chi connectivity index (χ3v) is 10.6. The summed E-state index contributed by atoms with van der Waals surface area (Å²) in [6.45, 7) is 4.37. The Balaban J connectivity index is 1.36. The molecule has 205 valence electrons. The van der Waals surface area contributed by atoms with E-state index in [2.05, 4.69) is 159 Å². The van der Waals surface area contributed by atoms with Crippen molar-refractivity contribution in [3.05, 3.63) is 139 Å². The monoisotopic (exact) mass is 587 g/mol. The number of aryl methyl sites for hydroxylation is 2. The lowest BCUT2D eigenvalue weighted by molar-refractivity contribution is 1.16. The molecule has 0 fully saturated rings. The molecule has 0 amide bonds. The molecule has 2 aliphatic rings. The van der Waals surface area contributed by atoms with E-state index < -0.39 is 0 Å². The Bertz CT molecular complexity index is 2020. The second kappa shape index (κ2) is 10.8. The van der Waals surface area contributed by atoms with Crippen molar-refractivity contribution in [3.63, 3.8) is 0 Å². The summed E-state index contributed by atoms with van der Waals surface area (Å²) in [6, 6.07) is 46.1. The minimum atomic E-state index is 1.12. The lowest BCUT2D eigenvalue weighted by atomic mass is 9.58. The molecule has 0 bridgehead atoms. The van der Waals surface area contributed by atoms with Crippen LogP contribution in [0, 0.1) is 13.8 Å². The number of hydrogen-bond acceptors (Lipinski definition) is 4. The molecule has 0 saturated carbocycles. The Morgan fingerprint density at radius 3 is 2.02 bits per heavy atom. The number of nitrogens with one attached hydrogen (secondary N) is 1. The van der Waals surface area contributed by atoms with Gasteiger partial charge in [0.05, 0.1) is 0 Å². The van der Waals surface area contributed by atoms with E-state index in [9.17, 15) is 0 Å². The van der Waals surface area contributed by atoms with E-state index in [1.54, 1.807) is 0 Å². The maximum absolute atomic E-state index is 3.85. The lowest BCUT2D eigenvalue weighted by Gasteiger charge is -2.35. The summed E-state index contributed by atoms with van der Waals surface area (Å²) in [5, 5.41) is 3.85. The van der Waals surface area contributed by atoms with Crippen LogP contribution in [-0.2, 0) is 0 Å². The van der Waals surface area contributed by atoms with Crippen LogP contribution < -0.4 is 21.1 Å². The number of nitrogens with zero attached hydrogens (tertiary/aromatic N) is 1. The smallest absolute Gasteiger partial charge is 0.197 e. The van der Waals surface area contributed by atoms with Crippen molar-refractivity contribution < 1.29 is 0 Å². The molecule has 6 aromatic rings. The van der Waals surface area contributed by atoms with Crippen molar-refractivity contribution in [1.29, 1.82) is 0 Å². The zero-order valence-electron chi connectivity index (χ0n) is 24.0. The van der Waals surface area contributed by atoms with Crippen LogP contribution in [0.5, 0.6) is 0 Å². The Morgan fingerprint density at radius 1 is 0.558 bits per heavy atom. The van der Waals surface area contributed by atoms with Crippen molar-refractivity contribution >= 4 is 70.2 Å². The van der Waals surface area contributed by atoms with E-state index in [-0.39, 0.29) is 0 Å². The molecule has 0 aliphatic carbocycles. The predicted octanol–water partition coefficient (Wildman–Crippen LogP) is 9.77. The molecule has 2 aliphatic heterocycles. The highest BCUT2D eigenvalue weighted by Crippen LogP contribution is 2.51. The zero-order valence-corrected chi connectivity index (χ0v) is 25.6. The number of para-hydroxylation sites is 3. The second-order valence-corrected chi connectivity index (χ2v) is 13.2. The summed E-state index contributed by atoms with van der Waals surface area (Å²) in [6.07, 6.45) is 0. The maximum atomic E-state index is 3.85. The fraction of sp³-hybridized carbons (Fsp3) is 0.0526. The van der Waals surface area contributed by atoms with E-state index in [1.165, 1.54) is 64.1 Å². The van der Waals surface area contributed by atoms with Crippen molar-refractivity contribution in [2.45, 2.75) is 33.4 Å². The summed E-state index contributed by atoms with van der Waals surface area (Å²) in [4.78, 5) is 7.61. The van der Waals surface area contributed by atoms with Gasteiger partial charge in [0.1, 0.15) is 0 Å². The van der Waals surface area contributed by atoms with Crippen LogP contribution in [0.4, 0.5) is 28.4 Å². The summed E-state index contributed by atoms with van der Waals surface area (Å²) < 4.78 is 0. The van der Waals surface area contributed by atoms with Gasteiger partial charge < -0.3 is 10.2 Å². The molecule has 0 atom stereocenters. The number of benzene rings is 6. The van der Waals surface area contributed by atoms with Crippen LogP contribution in [0.15, 0.2) is 147 Å². The van der Waals surface area contributed by atoms with Crippen LogP contribution in [0.2, 0.25) is 0 Å². The first-order valence-electron chi connectivity index (χ1n) is 14.5. The fourth-order valence-corrected chi connectivity index (χ4v) is 8.33. The van der Waals surface area contributed by atoms with Crippen LogP contribution in [0.3, 0.4) is 0 Å². The standard InChI is InChI=1S/C38H28BN2S2/c1-24-20-28(38-33(21-24)41(26-13-4-3-5-14-26)32-17-9-7-15-29(32)39-38)27-22-36-37(43-35-19-11-10-18-34(35)42-36)23-31(27)40-30-16-8-6-12-25(30)2/h3-23,40H,1-2H3. The van der Waals surface area contributed by atoms with Gasteiger partial charge in [-0.25, -0.2) is 0 Å². The van der Waals surface area contributed by atoms with Crippen LogP contribution in [0.25, 0.3) is 11.1 Å². The van der Waals surface area contributed by atoms with Crippen LogP contribution in [0.1, 0.15) is 11.1 Å². The van der Waals surface area contributed by atoms with Gasteiger partial charge in [-0.05, 0) is 90.6 Å². The van der Waals surface area contributed by atoms with Crippen LogP contribution in [-0.4, -0.2) is 7.28 Å². The highest BCUT2D eigenvalue weighted by molar-refractivity contribution is 8.05. The van der Waals surface area contributed by atoms with Gasteiger partial charge in [-0.3, -0.25) is 0 Å². The molecular weight excluding hydrogens is 559 g/mol. The average Bonchev–Trinajstić information content (AvgIpc) is 3.03. The SMILES string of the molecule is Cc1cc(-c2cc3c(cc2Nc2ccccc2C)Sc2ccccc2S3)c2c(c1)N(c1ccccc1)c1ccccc1[B]2. The molecule has 0 saturated heterocycles. The topological polar surface area (TPSA) is 15.3 Å². The average molecular weight is 588 g/mol. The molecule has 8 rings (SSSR count). The highest BCUT2D eigenvalue weighted by Gasteiger charge is 2.29. The fourth-order valence-electron chi connectivity index (χ4n) is 6.05. The Morgan fingerprint density at radius 2 is 1.23 bits per heavy atom. The first-order valence-corrected chi connectivity index (χ1v) is 16.1. The van der Waals surface area contributed by atoms with Gasteiger partial charge in [0.25, 0.3) is 0 Å². The number of fused-ring (bicyclic) bond motifs is 4. The normalized spacial score (nSPS) is 12.8. The molecule has 0 unspecified atom stereocenters. The van der Waals surface area contributed by atoms with Crippen molar-refractivity contribution in [2.75, 3.05) is 10.2 Å². The molecule has 2 nitrogen and oxygen atoms in total. The molecule has 1 radical (unpaired) electrons. The van der Waals surface area contributed by atoms with Gasteiger partial charge in [0, 0.05) is 53.6 Å². The van der Waals surface area contributed by atoms with E-state index in [4.69, 9.17) is 0 Å². The minimum absolute atomic E-state index is 1.12. The first kappa shape index (κ1) is 26.3. The third kappa shape index (κ3) is 4.73. The van der Waals surface area contributed by atoms with Gasteiger partial charge in [-0.15, -0.1) is 0 Å². The predicted molar refractivity (Wildman–Crippen MR) is 185 cm³/mol. The van der Waals surface area contributed by atoms with Crippen LogP contribution >= 0.6 is 23.5 Å². The summed E-state index contributed by atoms with van der Waals surface area (Å²) in [5.41, 5.74) is 13.1. The van der Waals surface area contributed by atoms with Crippen molar-refractivity contribution in [3.8, 4) is 11.1 Å². The zero-order chi connectivity index (χ0) is 28.9. The van der Waals surface area contributed by atoms with Gasteiger partial charge in [0.2, 0.25) is 0 Å². The summed E-state index contributed by atoms with van der Waals surface area (Å²) in [5.74, 6) is 0. The third-order valence-electron chi connectivity index (χ3n) is 8.11. The van der Waals surface area contributed by atoms with E-state index in [0.717, 1.165) is 17.1 Å². The number of hydrogen-bond donors (Lipinski definition) is 1. The Labute approximate surface area is 262 Å². The minimum Gasteiger partial charge on any atom is -0.355 e. The van der Waals surface area contributed by atoms with Gasteiger partial charge in [-0.2, -0.15) is 0 Å². The molecule has 1 N–H and O–H groups in total. The second-order valence-electron chi connectivity index (χ2n) is 11.1. The number of rotatable bonds is 4. The summed E-state index contributed by atoms with van der Waals surface area (Å²) >= 11 is 3.73. The maximum Gasteiger partial charge on any atom is 0.197 e. The van der Waals surface area contributed by atoms with Gasteiger partial charge in [-0.1, -0.05) is 102 Å². The molecular formula is C38H28BN2S2.